The molecule has 4 atom stereocenters. The highest BCUT2D eigenvalue weighted by molar-refractivity contribution is 5.94. The second-order valence-electron chi connectivity index (χ2n) is 11.8. The molecule has 10 nitrogen and oxygen atoms in total. The lowest BCUT2D eigenvalue weighted by atomic mass is 9.99. The molecular weight excluding hydrogens is 572 g/mol. The number of ether oxygens (including phenoxy) is 3. The van der Waals surface area contributed by atoms with Gasteiger partial charge in [0.1, 0.15) is 0 Å². The molecule has 0 radical (unpaired) electrons. The number of para-hydroxylation sites is 2. The predicted octanol–water partition coefficient (Wildman–Crippen LogP) is 5.16. The highest BCUT2D eigenvalue weighted by Crippen LogP contribution is 2.39. The first-order valence-corrected chi connectivity index (χ1v) is 15.7. The van der Waals surface area contributed by atoms with E-state index in [0.29, 0.717) is 36.1 Å². The Bertz CT molecular complexity index is 1400. The van der Waals surface area contributed by atoms with Gasteiger partial charge in [0.15, 0.2) is 6.29 Å². The SMILES string of the molecule is COC[C@@H]1CCCN1C[C@H]1C[C@@H](c2ccc(CO)cc2)O[C@@H](c2ccc(NC(=O)CCCC(=O)Nc3ccccc3N)cc2)O1. The normalized spacial score (nSPS) is 21.8. The van der Waals surface area contributed by atoms with Gasteiger partial charge >= 0.3 is 0 Å². The Kier molecular flexibility index (Phi) is 11.6. The minimum absolute atomic E-state index is 0.00194. The number of nitrogens with zero attached hydrogens (tertiary/aromatic N) is 1. The molecule has 0 aromatic heterocycles. The van der Waals surface area contributed by atoms with E-state index < -0.39 is 6.29 Å². The van der Waals surface area contributed by atoms with Gasteiger partial charge in [0.05, 0.1) is 36.8 Å². The number of rotatable bonds is 13. The van der Waals surface area contributed by atoms with Gasteiger partial charge in [-0.15, -0.1) is 0 Å². The maximum absolute atomic E-state index is 12.6. The lowest BCUT2D eigenvalue weighted by Gasteiger charge is -2.38. The van der Waals surface area contributed by atoms with Crippen LogP contribution < -0.4 is 16.4 Å². The molecule has 45 heavy (non-hydrogen) atoms. The number of nitrogens with one attached hydrogen (secondary N) is 2. The van der Waals surface area contributed by atoms with Gasteiger partial charge in [-0.25, -0.2) is 0 Å². The number of hydrogen-bond donors (Lipinski definition) is 4. The molecule has 2 saturated heterocycles. The largest absolute Gasteiger partial charge is 0.397 e. The maximum atomic E-state index is 12.6. The zero-order chi connectivity index (χ0) is 31.6. The summed E-state index contributed by atoms with van der Waals surface area (Å²) in [5, 5.41) is 15.2. The third kappa shape index (κ3) is 9.12. The zero-order valence-electron chi connectivity index (χ0n) is 25.8. The second kappa shape index (κ2) is 16.0. The summed E-state index contributed by atoms with van der Waals surface area (Å²) in [4.78, 5) is 27.3. The fraction of sp³-hybridized carbons (Fsp3) is 0.429. The smallest absolute Gasteiger partial charge is 0.224 e. The van der Waals surface area contributed by atoms with Crippen LogP contribution in [0.3, 0.4) is 0 Å². The summed E-state index contributed by atoms with van der Waals surface area (Å²) in [5.41, 5.74) is 10.4. The number of hydrogen-bond acceptors (Lipinski definition) is 8. The number of carbonyl (C=O) groups excluding carboxylic acids is 2. The van der Waals surface area contributed by atoms with E-state index in [1.165, 1.54) is 0 Å². The number of benzene rings is 3. The van der Waals surface area contributed by atoms with Gasteiger partial charge in [0.25, 0.3) is 0 Å². The maximum Gasteiger partial charge on any atom is 0.224 e. The molecule has 5 rings (SSSR count). The Morgan fingerprint density at radius 1 is 0.956 bits per heavy atom. The highest BCUT2D eigenvalue weighted by Gasteiger charge is 2.35. The molecule has 2 fully saturated rings. The van der Waals surface area contributed by atoms with Crippen LogP contribution in [-0.4, -0.2) is 60.8 Å². The van der Waals surface area contributed by atoms with E-state index in [2.05, 4.69) is 15.5 Å². The van der Waals surface area contributed by atoms with Gasteiger partial charge in [-0.3, -0.25) is 14.5 Å². The molecule has 2 aliphatic heterocycles. The van der Waals surface area contributed by atoms with Gasteiger partial charge in [-0.2, -0.15) is 0 Å². The number of aliphatic hydroxyl groups is 1. The van der Waals surface area contributed by atoms with Crippen LogP contribution in [0.15, 0.2) is 72.8 Å². The standard InChI is InChI=1S/C35H44N4O6/c1-43-23-28-6-5-19-39(28)21-29-20-32(25-13-11-24(22-40)12-14-25)45-35(44-29)26-15-17-27(18-16-26)37-33(41)9-4-10-34(42)38-31-8-3-2-7-30(31)36/h2-3,7-8,11-18,28-29,32,35,40H,4-6,9-10,19-23,36H2,1H3,(H,37,41)(H,38,42)/t28-,29+,32-,35-/m0/s1. The Hall–Kier alpha value is -3.80. The Labute approximate surface area is 264 Å². The number of nitrogen functional groups attached to an aromatic ring is 1. The number of nitrogens with two attached hydrogens (primary N) is 1. The second-order valence-corrected chi connectivity index (χ2v) is 11.8. The third-order valence-corrected chi connectivity index (χ3v) is 8.42. The predicted molar refractivity (Wildman–Crippen MR) is 173 cm³/mol. The van der Waals surface area contributed by atoms with E-state index in [1.54, 1.807) is 31.4 Å². The molecule has 3 aromatic carbocycles. The number of anilines is 3. The van der Waals surface area contributed by atoms with Crippen LogP contribution in [0.2, 0.25) is 0 Å². The molecule has 0 saturated carbocycles. The molecule has 0 aliphatic carbocycles. The molecule has 240 valence electrons. The van der Waals surface area contributed by atoms with Crippen LogP contribution >= 0.6 is 0 Å². The molecular formula is C35H44N4O6. The lowest BCUT2D eigenvalue weighted by molar-refractivity contribution is -0.253. The van der Waals surface area contributed by atoms with Crippen LogP contribution in [0.25, 0.3) is 0 Å². The average molecular weight is 617 g/mol. The molecule has 2 heterocycles. The fourth-order valence-corrected chi connectivity index (χ4v) is 5.99. The molecule has 0 unspecified atom stereocenters. The van der Waals surface area contributed by atoms with E-state index in [0.717, 1.165) is 49.0 Å². The van der Waals surface area contributed by atoms with Crippen LogP contribution in [-0.2, 0) is 30.4 Å². The van der Waals surface area contributed by atoms with Crippen molar-refractivity contribution in [3.63, 3.8) is 0 Å². The fourth-order valence-electron chi connectivity index (χ4n) is 5.99. The number of methoxy groups -OCH3 is 1. The van der Waals surface area contributed by atoms with Crippen molar-refractivity contribution in [2.45, 2.75) is 69.7 Å². The number of likely N-dealkylation sites (tertiary alicyclic amines) is 1. The quantitative estimate of drug-likeness (QED) is 0.193. The van der Waals surface area contributed by atoms with Crippen LogP contribution in [0.4, 0.5) is 17.1 Å². The summed E-state index contributed by atoms with van der Waals surface area (Å²) < 4.78 is 18.5. The van der Waals surface area contributed by atoms with Crippen molar-refractivity contribution in [3.05, 3.63) is 89.5 Å². The molecule has 0 bridgehead atoms. The van der Waals surface area contributed by atoms with Crippen LogP contribution in [0.5, 0.6) is 0 Å². The average Bonchev–Trinajstić information content (AvgIpc) is 3.48. The van der Waals surface area contributed by atoms with Crippen molar-refractivity contribution in [2.24, 2.45) is 0 Å². The van der Waals surface area contributed by atoms with Crippen molar-refractivity contribution < 1.29 is 28.9 Å². The molecule has 5 N–H and O–H groups in total. The Morgan fingerprint density at radius 3 is 2.38 bits per heavy atom. The van der Waals surface area contributed by atoms with Crippen molar-refractivity contribution in [3.8, 4) is 0 Å². The number of amides is 2. The first-order valence-electron chi connectivity index (χ1n) is 15.7. The Morgan fingerprint density at radius 2 is 1.67 bits per heavy atom. The summed E-state index contributed by atoms with van der Waals surface area (Å²) in [6.45, 7) is 2.53. The first-order chi connectivity index (χ1) is 21.9. The summed E-state index contributed by atoms with van der Waals surface area (Å²) in [6.07, 6.45) is 3.05. The topological polar surface area (TPSA) is 135 Å². The molecule has 2 aliphatic rings. The van der Waals surface area contributed by atoms with Crippen LogP contribution in [0.1, 0.15) is 67.6 Å². The monoisotopic (exact) mass is 616 g/mol. The molecule has 10 heteroatoms. The molecule has 3 aromatic rings. The van der Waals surface area contributed by atoms with Gasteiger partial charge < -0.3 is 35.7 Å². The van der Waals surface area contributed by atoms with Crippen molar-refractivity contribution in [1.29, 1.82) is 0 Å². The van der Waals surface area contributed by atoms with Gasteiger partial charge in [-0.05, 0) is 61.2 Å². The zero-order valence-corrected chi connectivity index (χ0v) is 25.8. The van der Waals surface area contributed by atoms with E-state index in [-0.39, 0.29) is 43.5 Å². The van der Waals surface area contributed by atoms with E-state index in [1.807, 2.05) is 48.5 Å². The summed E-state index contributed by atoms with van der Waals surface area (Å²) >= 11 is 0. The van der Waals surface area contributed by atoms with Gasteiger partial charge in [-0.1, -0.05) is 48.5 Å². The van der Waals surface area contributed by atoms with E-state index in [4.69, 9.17) is 19.9 Å². The first kappa shape index (κ1) is 32.6. The summed E-state index contributed by atoms with van der Waals surface area (Å²) in [5.74, 6) is -0.347. The van der Waals surface area contributed by atoms with Crippen LogP contribution in [0, 0.1) is 0 Å². The number of carbonyl (C=O) groups is 2. The number of aliphatic hydroxyl groups excluding tert-OH is 1. The minimum atomic E-state index is -0.573. The van der Waals surface area contributed by atoms with Gasteiger partial charge in [0, 0.05) is 50.2 Å². The summed E-state index contributed by atoms with van der Waals surface area (Å²) in [7, 11) is 1.75. The summed E-state index contributed by atoms with van der Waals surface area (Å²) in [6, 6.07) is 22.9. The molecule has 2 amide bonds. The Balaban J connectivity index is 1.17. The third-order valence-electron chi connectivity index (χ3n) is 8.42. The lowest BCUT2D eigenvalue weighted by Crippen LogP contribution is -2.42. The van der Waals surface area contributed by atoms with Crippen molar-refractivity contribution >= 4 is 28.9 Å². The van der Waals surface area contributed by atoms with Crippen molar-refractivity contribution in [1.82, 2.24) is 4.90 Å². The van der Waals surface area contributed by atoms with E-state index in [9.17, 15) is 14.7 Å². The highest BCUT2D eigenvalue weighted by atomic mass is 16.7. The molecule has 0 spiro atoms. The van der Waals surface area contributed by atoms with Crippen molar-refractivity contribution in [2.75, 3.05) is 43.2 Å². The minimum Gasteiger partial charge on any atom is -0.397 e. The van der Waals surface area contributed by atoms with E-state index >= 15 is 0 Å². The van der Waals surface area contributed by atoms with Gasteiger partial charge in [0.2, 0.25) is 11.8 Å².